The number of carbonyl (C=O) groups is 1. The number of nitrogens with two attached hydrogens (primary N) is 1. The van der Waals surface area contributed by atoms with Gasteiger partial charge >= 0.3 is 0 Å². The first-order valence-corrected chi connectivity index (χ1v) is 5.38. The van der Waals surface area contributed by atoms with Gasteiger partial charge in [-0.05, 0) is 23.4 Å². The van der Waals surface area contributed by atoms with Crippen molar-refractivity contribution in [2.75, 3.05) is 18.2 Å². The highest BCUT2D eigenvalue weighted by Gasteiger charge is 2.14. The normalized spacial score (nSPS) is 9.94. The summed E-state index contributed by atoms with van der Waals surface area (Å²) < 4.78 is 8.61. The van der Waals surface area contributed by atoms with Crippen LogP contribution in [-0.2, 0) is 0 Å². The molecule has 1 aromatic heterocycles. The summed E-state index contributed by atoms with van der Waals surface area (Å²) in [5, 5.41) is 9.86. The van der Waals surface area contributed by atoms with E-state index in [1.165, 1.54) is 13.2 Å². The van der Waals surface area contributed by atoms with Crippen molar-refractivity contribution < 1.29 is 9.53 Å². The maximum atomic E-state index is 11.9. The number of carbonyl (C=O) groups excluding carboxylic acids is 1. The summed E-state index contributed by atoms with van der Waals surface area (Å²) in [6, 6.07) is 4.81. The van der Waals surface area contributed by atoms with Gasteiger partial charge in [-0.25, -0.2) is 0 Å². The predicted molar refractivity (Wildman–Crippen MR) is 63.1 cm³/mol. The van der Waals surface area contributed by atoms with Crippen molar-refractivity contribution >= 4 is 28.3 Å². The lowest BCUT2D eigenvalue weighted by atomic mass is 10.1. The molecule has 0 fully saturated rings. The fourth-order valence-corrected chi connectivity index (χ4v) is 1.61. The van der Waals surface area contributed by atoms with Crippen LogP contribution in [0.4, 0.5) is 10.8 Å². The summed E-state index contributed by atoms with van der Waals surface area (Å²) in [6.45, 7) is 0. The maximum absolute atomic E-state index is 11.9. The lowest BCUT2D eigenvalue weighted by Gasteiger charge is -2.08. The molecule has 0 atom stereocenters. The van der Waals surface area contributed by atoms with E-state index < -0.39 is 0 Å². The van der Waals surface area contributed by atoms with E-state index >= 15 is 0 Å². The number of amides is 1. The molecule has 0 unspecified atom stereocenters. The minimum Gasteiger partial charge on any atom is -0.496 e. The molecule has 3 N–H and O–H groups in total. The Kier molecular flexibility index (Phi) is 3.15. The third kappa shape index (κ3) is 2.48. The number of hydrogen-bond donors (Lipinski definition) is 2. The summed E-state index contributed by atoms with van der Waals surface area (Å²) in [7, 11) is 1.48. The number of nitrogen functional groups attached to an aromatic ring is 1. The Hall–Kier alpha value is -2.22. The first kappa shape index (κ1) is 11.3. The number of aromatic nitrogens is 3. The third-order valence-corrected chi connectivity index (χ3v) is 2.50. The average Bonchev–Trinajstić information content (AvgIpc) is 2.81. The molecule has 0 bridgehead atoms. The highest BCUT2D eigenvalue weighted by atomic mass is 32.1. The zero-order valence-corrected chi connectivity index (χ0v) is 9.69. The molecule has 17 heavy (non-hydrogen) atoms. The van der Waals surface area contributed by atoms with Crippen LogP contribution < -0.4 is 15.8 Å². The number of benzene rings is 1. The van der Waals surface area contributed by atoms with E-state index in [-0.39, 0.29) is 5.91 Å². The zero-order chi connectivity index (χ0) is 12.3. The predicted octanol–water partition coefficient (Wildman–Crippen LogP) is 0.776. The van der Waals surface area contributed by atoms with Gasteiger partial charge in [0.25, 0.3) is 5.91 Å². The molecule has 0 aliphatic heterocycles. The van der Waals surface area contributed by atoms with Crippen LogP contribution in [0, 0.1) is 0 Å². The minimum absolute atomic E-state index is 0.319. The van der Waals surface area contributed by atoms with Gasteiger partial charge in [-0.2, -0.15) is 0 Å². The molecular formula is C9H9N5O2S. The number of nitrogens with one attached hydrogen (secondary N) is 1. The standard InChI is InChI=1S/C9H9N5O2S/c1-16-7-3-2-5(10)4-6(7)8(15)11-9-12-13-14-17-9/h2-4H,10H2,1H3,(H,11,12,14,15). The maximum Gasteiger partial charge on any atom is 0.261 e. The van der Waals surface area contributed by atoms with Crippen molar-refractivity contribution in [3.63, 3.8) is 0 Å². The molecule has 88 valence electrons. The second-order valence-electron chi connectivity index (χ2n) is 3.08. The SMILES string of the molecule is COc1ccc(N)cc1C(=O)Nc1nnns1. The monoisotopic (exact) mass is 251 g/mol. The fourth-order valence-electron chi connectivity index (χ4n) is 1.25. The smallest absolute Gasteiger partial charge is 0.261 e. The van der Waals surface area contributed by atoms with Crippen molar-refractivity contribution in [2.24, 2.45) is 0 Å². The third-order valence-electron chi connectivity index (χ3n) is 1.99. The van der Waals surface area contributed by atoms with E-state index in [0.717, 1.165) is 11.5 Å². The first-order valence-electron chi connectivity index (χ1n) is 4.60. The first-order chi connectivity index (χ1) is 8.20. The van der Waals surface area contributed by atoms with Gasteiger partial charge in [-0.1, -0.05) is 9.59 Å². The second-order valence-corrected chi connectivity index (χ2v) is 3.81. The molecule has 0 saturated carbocycles. The van der Waals surface area contributed by atoms with Crippen LogP contribution in [0.15, 0.2) is 18.2 Å². The van der Waals surface area contributed by atoms with E-state index in [4.69, 9.17) is 10.5 Å². The Labute approximate surface area is 101 Å². The summed E-state index contributed by atoms with van der Waals surface area (Å²) >= 11 is 0.987. The van der Waals surface area contributed by atoms with E-state index in [0.29, 0.717) is 22.1 Å². The Balaban J connectivity index is 2.26. The van der Waals surface area contributed by atoms with Crippen LogP contribution in [-0.4, -0.2) is 27.8 Å². The lowest BCUT2D eigenvalue weighted by molar-refractivity contribution is 0.102. The van der Waals surface area contributed by atoms with Crippen LogP contribution in [0.3, 0.4) is 0 Å². The van der Waals surface area contributed by atoms with Crippen LogP contribution >= 0.6 is 11.5 Å². The molecule has 0 radical (unpaired) electrons. The van der Waals surface area contributed by atoms with E-state index in [9.17, 15) is 4.79 Å². The Bertz CT molecular complexity index is 528. The largest absolute Gasteiger partial charge is 0.496 e. The Morgan fingerprint density at radius 3 is 3.00 bits per heavy atom. The highest BCUT2D eigenvalue weighted by Crippen LogP contribution is 2.22. The van der Waals surface area contributed by atoms with Gasteiger partial charge in [0.1, 0.15) is 5.75 Å². The molecule has 2 rings (SSSR count). The van der Waals surface area contributed by atoms with Gasteiger partial charge in [0, 0.05) is 17.2 Å². The molecule has 0 spiro atoms. The minimum atomic E-state index is -0.368. The second kappa shape index (κ2) is 4.74. The number of ether oxygens (including phenoxy) is 1. The van der Waals surface area contributed by atoms with E-state index in [1.807, 2.05) is 0 Å². The fraction of sp³-hybridized carbons (Fsp3) is 0.111. The number of methoxy groups -OCH3 is 1. The van der Waals surface area contributed by atoms with Gasteiger partial charge < -0.3 is 10.5 Å². The Morgan fingerprint density at radius 1 is 1.53 bits per heavy atom. The number of anilines is 2. The van der Waals surface area contributed by atoms with Gasteiger partial charge in [0.05, 0.1) is 12.7 Å². The van der Waals surface area contributed by atoms with Crippen molar-refractivity contribution in [3.05, 3.63) is 23.8 Å². The van der Waals surface area contributed by atoms with Gasteiger partial charge in [-0.15, -0.1) is 0 Å². The quantitative estimate of drug-likeness (QED) is 0.781. The van der Waals surface area contributed by atoms with E-state index in [1.54, 1.807) is 12.1 Å². The van der Waals surface area contributed by atoms with E-state index in [2.05, 4.69) is 20.1 Å². The van der Waals surface area contributed by atoms with Crippen molar-refractivity contribution in [3.8, 4) is 5.75 Å². The molecule has 1 amide bonds. The van der Waals surface area contributed by atoms with Crippen molar-refractivity contribution in [1.82, 2.24) is 14.8 Å². The molecular weight excluding hydrogens is 242 g/mol. The zero-order valence-electron chi connectivity index (χ0n) is 8.88. The average molecular weight is 251 g/mol. The molecule has 8 heteroatoms. The van der Waals surface area contributed by atoms with Crippen molar-refractivity contribution in [2.45, 2.75) is 0 Å². The topological polar surface area (TPSA) is 103 Å². The molecule has 7 nitrogen and oxygen atoms in total. The van der Waals surface area contributed by atoms with Crippen LogP contribution in [0.2, 0.25) is 0 Å². The number of rotatable bonds is 3. The van der Waals surface area contributed by atoms with Gasteiger partial charge in [-0.3, -0.25) is 10.1 Å². The molecule has 2 aromatic rings. The molecule has 0 aliphatic rings. The van der Waals surface area contributed by atoms with Gasteiger partial charge in [0.15, 0.2) is 0 Å². The summed E-state index contributed by atoms with van der Waals surface area (Å²) in [5.41, 5.74) is 6.43. The van der Waals surface area contributed by atoms with Gasteiger partial charge in [0.2, 0.25) is 5.13 Å². The molecule has 0 aliphatic carbocycles. The molecule has 1 heterocycles. The molecule has 0 saturated heterocycles. The number of nitrogens with zero attached hydrogens (tertiary/aromatic N) is 3. The van der Waals surface area contributed by atoms with Crippen LogP contribution in [0.5, 0.6) is 5.75 Å². The lowest BCUT2D eigenvalue weighted by Crippen LogP contribution is -2.13. The van der Waals surface area contributed by atoms with Crippen LogP contribution in [0.1, 0.15) is 10.4 Å². The number of hydrogen-bond acceptors (Lipinski definition) is 7. The molecule has 1 aromatic carbocycles. The van der Waals surface area contributed by atoms with Crippen molar-refractivity contribution in [1.29, 1.82) is 0 Å². The summed E-state index contributed by atoms with van der Waals surface area (Å²) in [6.07, 6.45) is 0. The Morgan fingerprint density at radius 2 is 2.35 bits per heavy atom. The summed E-state index contributed by atoms with van der Waals surface area (Å²) in [5.74, 6) is 0.0712. The highest BCUT2D eigenvalue weighted by molar-refractivity contribution is 7.09. The summed E-state index contributed by atoms with van der Waals surface area (Å²) in [4.78, 5) is 11.9. The van der Waals surface area contributed by atoms with Crippen LogP contribution in [0.25, 0.3) is 0 Å².